The summed E-state index contributed by atoms with van der Waals surface area (Å²) in [6.07, 6.45) is 0.0867. The zero-order valence-corrected chi connectivity index (χ0v) is 24.1. The predicted octanol–water partition coefficient (Wildman–Crippen LogP) is 5.48. The van der Waals surface area contributed by atoms with E-state index in [0.717, 1.165) is 34.0 Å². The van der Waals surface area contributed by atoms with Gasteiger partial charge in [0.25, 0.3) is 5.91 Å². The third kappa shape index (κ3) is 7.10. The number of ether oxygens (including phenoxy) is 1. The third-order valence-electron chi connectivity index (χ3n) is 6.81. The minimum atomic E-state index is -0.656. The Hall–Kier alpha value is -3.65. The second kappa shape index (κ2) is 13.1. The molecule has 0 bridgehead atoms. The molecule has 8 heteroatoms. The summed E-state index contributed by atoms with van der Waals surface area (Å²) < 4.78 is 7.30. The fraction of sp³-hybridized carbons (Fsp3) is 0.312. The van der Waals surface area contributed by atoms with Gasteiger partial charge >= 0.3 is 5.97 Å². The van der Waals surface area contributed by atoms with Gasteiger partial charge in [-0.15, -0.1) is 0 Å². The minimum Gasteiger partial charge on any atom is -0.461 e. The fourth-order valence-corrected chi connectivity index (χ4v) is 5.00. The number of hydrogen-bond donors (Lipinski definition) is 2. The van der Waals surface area contributed by atoms with Gasteiger partial charge in [0.2, 0.25) is 0 Å². The van der Waals surface area contributed by atoms with Crippen molar-refractivity contribution in [2.75, 3.05) is 27.2 Å². The van der Waals surface area contributed by atoms with E-state index in [4.69, 9.17) is 16.3 Å². The summed E-state index contributed by atoms with van der Waals surface area (Å²) in [6, 6.07) is 22.9. The molecule has 1 aromatic heterocycles. The number of fused-ring (bicyclic) bond motifs is 1. The van der Waals surface area contributed by atoms with Crippen molar-refractivity contribution in [2.24, 2.45) is 0 Å². The molecule has 4 rings (SSSR count). The Morgan fingerprint density at radius 2 is 1.80 bits per heavy atom. The lowest BCUT2D eigenvalue weighted by atomic mass is 10.0. The number of carbonyl (C=O) groups excluding carboxylic acids is 2. The largest absolute Gasteiger partial charge is 0.461 e. The molecule has 3 aromatic carbocycles. The quantitative estimate of drug-likeness (QED) is 0.237. The molecule has 1 heterocycles. The second-order valence-electron chi connectivity index (χ2n) is 10.2. The van der Waals surface area contributed by atoms with Crippen LogP contribution in [0.1, 0.15) is 57.5 Å². The Balaban J connectivity index is 1.54. The number of aliphatic hydroxyl groups is 1. The van der Waals surface area contributed by atoms with E-state index in [1.165, 1.54) is 0 Å². The minimum absolute atomic E-state index is 0.0720. The van der Waals surface area contributed by atoms with Gasteiger partial charge in [-0.25, -0.2) is 4.79 Å². The third-order valence-corrected chi connectivity index (χ3v) is 7.04. The molecule has 2 N–H and O–H groups in total. The number of halogens is 1. The number of amides is 1. The lowest BCUT2D eigenvalue weighted by Crippen LogP contribution is -2.32. The average molecular weight is 562 g/mol. The standard InChI is InChI=1S/C32H36ClN3O4/c1-5-40-32(39)29-18-26-15-22(14-21(2)34-19-30(37)24-9-7-11-27(33)17-24)12-13-28(26)36(29)20-23-8-6-10-25(16-23)31(38)35(3)4/h6-13,15-18,21,30,34,37H,5,14,19-20H2,1-4H3. The van der Waals surface area contributed by atoms with Crippen LogP contribution in [0.3, 0.4) is 0 Å². The van der Waals surface area contributed by atoms with Crippen molar-refractivity contribution in [1.82, 2.24) is 14.8 Å². The van der Waals surface area contributed by atoms with Crippen LogP contribution in [0.2, 0.25) is 5.02 Å². The highest BCUT2D eigenvalue weighted by Gasteiger charge is 2.19. The fourth-order valence-electron chi connectivity index (χ4n) is 4.81. The van der Waals surface area contributed by atoms with Crippen molar-refractivity contribution in [3.8, 4) is 0 Å². The molecule has 1 amide bonds. The van der Waals surface area contributed by atoms with Crippen molar-refractivity contribution < 1.29 is 19.4 Å². The molecule has 0 saturated heterocycles. The van der Waals surface area contributed by atoms with Crippen LogP contribution in [-0.4, -0.2) is 59.7 Å². The number of benzene rings is 3. The van der Waals surface area contributed by atoms with Crippen LogP contribution in [0, 0.1) is 0 Å². The van der Waals surface area contributed by atoms with Crippen molar-refractivity contribution in [1.29, 1.82) is 0 Å². The smallest absolute Gasteiger partial charge is 0.354 e. The van der Waals surface area contributed by atoms with Crippen LogP contribution < -0.4 is 5.32 Å². The van der Waals surface area contributed by atoms with Gasteiger partial charge in [0.05, 0.1) is 12.7 Å². The first kappa shape index (κ1) is 29.3. The Kier molecular flexibility index (Phi) is 9.63. The summed E-state index contributed by atoms with van der Waals surface area (Å²) in [5.74, 6) is -0.455. The Labute approximate surface area is 240 Å². The van der Waals surface area contributed by atoms with Gasteiger partial charge in [-0.2, -0.15) is 0 Å². The second-order valence-corrected chi connectivity index (χ2v) is 10.6. The first-order valence-electron chi connectivity index (χ1n) is 13.4. The maximum atomic E-state index is 12.9. The summed E-state index contributed by atoms with van der Waals surface area (Å²) in [5, 5.41) is 15.5. The molecule has 0 aliphatic heterocycles. The highest BCUT2D eigenvalue weighted by atomic mass is 35.5. The number of nitrogens with one attached hydrogen (secondary N) is 1. The molecule has 7 nitrogen and oxygen atoms in total. The first-order chi connectivity index (χ1) is 19.2. The van der Waals surface area contributed by atoms with Crippen LogP contribution in [0.5, 0.6) is 0 Å². The van der Waals surface area contributed by atoms with Gasteiger partial charge < -0.3 is 24.6 Å². The molecule has 2 unspecified atom stereocenters. The molecule has 40 heavy (non-hydrogen) atoms. The number of aromatic nitrogens is 1. The molecule has 4 aromatic rings. The normalized spacial score (nSPS) is 12.8. The van der Waals surface area contributed by atoms with Crippen molar-refractivity contribution in [2.45, 2.75) is 39.0 Å². The Bertz CT molecular complexity index is 1500. The van der Waals surface area contributed by atoms with E-state index < -0.39 is 6.10 Å². The Morgan fingerprint density at radius 3 is 2.52 bits per heavy atom. The van der Waals surface area contributed by atoms with E-state index in [0.29, 0.717) is 29.4 Å². The van der Waals surface area contributed by atoms with Crippen LogP contribution >= 0.6 is 11.6 Å². The van der Waals surface area contributed by atoms with E-state index in [1.54, 1.807) is 44.1 Å². The first-order valence-corrected chi connectivity index (χ1v) is 13.8. The van der Waals surface area contributed by atoms with Gasteiger partial charge in [0, 0.05) is 54.7 Å². The van der Waals surface area contributed by atoms with E-state index in [1.807, 2.05) is 47.0 Å². The van der Waals surface area contributed by atoms with Crippen LogP contribution in [0.15, 0.2) is 72.8 Å². The van der Waals surface area contributed by atoms with Gasteiger partial charge in [0.15, 0.2) is 0 Å². The molecule has 210 valence electrons. The van der Waals surface area contributed by atoms with Gasteiger partial charge in [0.1, 0.15) is 5.69 Å². The molecule has 0 aliphatic carbocycles. The number of rotatable bonds is 11. The molecular weight excluding hydrogens is 526 g/mol. The average Bonchev–Trinajstić information content (AvgIpc) is 3.29. The molecule has 0 aliphatic rings. The predicted molar refractivity (Wildman–Crippen MR) is 159 cm³/mol. The van der Waals surface area contributed by atoms with Crippen molar-refractivity contribution >= 4 is 34.4 Å². The highest BCUT2D eigenvalue weighted by molar-refractivity contribution is 6.30. The lowest BCUT2D eigenvalue weighted by molar-refractivity contribution is 0.0514. The van der Waals surface area contributed by atoms with Crippen molar-refractivity contribution in [3.63, 3.8) is 0 Å². The maximum Gasteiger partial charge on any atom is 0.354 e. The van der Waals surface area contributed by atoms with Crippen LogP contribution in [0.4, 0.5) is 0 Å². The summed E-state index contributed by atoms with van der Waals surface area (Å²) in [5.41, 5.74) is 4.77. The molecule has 0 fully saturated rings. The molecule has 0 spiro atoms. The van der Waals surface area contributed by atoms with Gasteiger partial charge in [-0.05, 0) is 79.4 Å². The van der Waals surface area contributed by atoms with Crippen LogP contribution in [-0.2, 0) is 17.7 Å². The zero-order chi connectivity index (χ0) is 28.8. The topological polar surface area (TPSA) is 83.8 Å². The summed E-state index contributed by atoms with van der Waals surface area (Å²) in [7, 11) is 3.45. The van der Waals surface area contributed by atoms with Gasteiger partial charge in [-0.3, -0.25) is 4.79 Å². The van der Waals surface area contributed by atoms with Crippen molar-refractivity contribution in [3.05, 3.63) is 106 Å². The zero-order valence-electron chi connectivity index (χ0n) is 23.4. The van der Waals surface area contributed by atoms with E-state index in [-0.39, 0.29) is 24.5 Å². The van der Waals surface area contributed by atoms with Gasteiger partial charge in [-0.1, -0.05) is 41.9 Å². The highest BCUT2D eigenvalue weighted by Crippen LogP contribution is 2.25. The van der Waals surface area contributed by atoms with E-state index in [9.17, 15) is 14.7 Å². The monoisotopic (exact) mass is 561 g/mol. The van der Waals surface area contributed by atoms with E-state index in [2.05, 4.69) is 24.4 Å². The summed E-state index contributed by atoms with van der Waals surface area (Å²) in [6.45, 7) is 4.97. The Morgan fingerprint density at radius 1 is 1.02 bits per heavy atom. The number of aliphatic hydroxyl groups excluding tert-OH is 1. The van der Waals surface area contributed by atoms with E-state index >= 15 is 0 Å². The lowest BCUT2D eigenvalue weighted by Gasteiger charge is -2.18. The number of hydrogen-bond acceptors (Lipinski definition) is 5. The SMILES string of the molecule is CCOC(=O)c1cc2cc(CC(C)NCC(O)c3cccc(Cl)c3)ccc2n1Cc1cccc(C(=O)N(C)C)c1. The molecular formula is C32H36ClN3O4. The number of esters is 1. The summed E-state index contributed by atoms with van der Waals surface area (Å²) in [4.78, 5) is 26.9. The van der Waals surface area contributed by atoms with Crippen LogP contribution in [0.25, 0.3) is 10.9 Å². The molecule has 2 atom stereocenters. The molecule has 0 saturated carbocycles. The molecule has 0 radical (unpaired) electrons. The maximum absolute atomic E-state index is 12.9. The number of carbonyl (C=O) groups is 2. The number of nitrogens with zero attached hydrogens (tertiary/aromatic N) is 2. The summed E-state index contributed by atoms with van der Waals surface area (Å²) >= 11 is 6.06.